The van der Waals surface area contributed by atoms with Crippen molar-refractivity contribution in [3.05, 3.63) is 74.3 Å². The van der Waals surface area contributed by atoms with E-state index in [0.29, 0.717) is 27.5 Å². The van der Waals surface area contributed by atoms with Crippen molar-refractivity contribution in [2.45, 2.75) is 20.0 Å². The van der Waals surface area contributed by atoms with E-state index in [4.69, 9.17) is 23.2 Å². The lowest BCUT2D eigenvalue weighted by molar-refractivity contribution is -0.131. The van der Waals surface area contributed by atoms with Gasteiger partial charge in [-0.25, -0.2) is 4.98 Å². The minimum absolute atomic E-state index is 0.0759. The number of nitrogens with zero attached hydrogens (tertiary/aromatic N) is 3. The smallest absolute Gasteiger partial charge is 0.261 e. The minimum atomic E-state index is -0.227. The molecule has 0 aliphatic heterocycles. The number of halogens is 2. The van der Waals surface area contributed by atoms with Gasteiger partial charge < -0.3 is 4.90 Å². The van der Waals surface area contributed by atoms with E-state index in [1.165, 1.54) is 15.8 Å². The van der Waals surface area contributed by atoms with Crippen LogP contribution in [0.5, 0.6) is 0 Å². The van der Waals surface area contributed by atoms with Gasteiger partial charge in [0.05, 0.1) is 27.3 Å². The molecule has 1 aromatic heterocycles. The topological polar surface area (TPSA) is 55.2 Å². The predicted octanol–water partition coefficient (Wildman–Crippen LogP) is 3.67. The van der Waals surface area contributed by atoms with E-state index in [0.717, 1.165) is 11.1 Å². The first-order chi connectivity index (χ1) is 12.4. The van der Waals surface area contributed by atoms with Gasteiger partial charge in [-0.05, 0) is 36.2 Å². The van der Waals surface area contributed by atoms with Crippen molar-refractivity contribution in [3.8, 4) is 0 Å². The van der Waals surface area contributed by atoms with Crippen LogP contribution in [0.4, 0.5) is 0 Å². The van der Waals surface area contributed by atoms with Gasteiger partial charge >= 0.3 is 0 Å². The molecule has 0 aliphatic carbocycles. The molecule has 0 fully saturated rings. The lowest BCUT2D eigenvalue weighted by atomic mass is 10.1. The van der Waals surface area contributed by atoms with Gasteiger partial charge in [-0.3, -0.25) is 14.2 Å². The zero-order chi connectivity index (χ0) is 18.8. The Kier molecular flexibility index (Phi) is 5.30. The third-order valence-corrected chi connectivity index (χ3v) is 4.93. The molecule has 0 saturated carbocycles. The maximum atomic E-state index is 12.6. The number of hydrogen-bond donors (Lipinski definition) is 0. The Hall–Kier alpha value is -2.37. The Labute approximate surface area is 160 Å². The van der Waals surface area contributed by atoms with E-state index in [-0.39, 0.29) is 18.0 Å². The summed E-state index contributed by atoms with van der Waals surface area (Å²) in [7, 11) is 1.68. The van der Waals surface area contributed by atoms with Gasteiger partial charge in [-0.2, -0.15) is 0 Å². The summed E-state index contributed by atoms with van der Waals surface area (Å²) in [6.45, 7) is 2.19. The molecule has 7 heteroatoms. The van der Waals surface area contributed by atoms with E-state index in [1.54, 1.807) is 25.2 Å². The van der Waals surface area contributed by atoms with Crippen molar-refractivity contribution >= 4 is 40.0 Å². The number of carbonyl (C=O) groups is 1. The average Bonchev–Trinajstić information content (AvgIpc) is 2.61. The van der Waals surface area contributed by atoms with E-state index < -0.39 is 0 Å². The number of fused-ring (bicyclic) bond motifs is 1. The highest BCUT2D eigenvalue weighted by Gasteiger charge is 2.13. The second-order valence-corrected chi connectivity index (χ2v) is 6.96. The Morgan fingerprint density at radius 2 is 1.96 bits per heavy atom. The van der Waals surface area contributed by atoms with Crippen molar-refractivity contribution < 1.29 is 4.79 Å². The highest BCUT2D eigenvalue weighted by Crippen LogP contribution is 2.23. The monoisotopic (exact) mass is 389 g/mol. The van der Waals surface area contributed by atoms with Crippen molar-refractivity contribution in [2.24, 2.45) is 0 Å². The lowest BCUT2D eigenvalue weighted by Gasteiger charge is -2.18. The molecule has 0 radical (unpaired) electrons. The number of rotatable bonds is 4. The first-order valence-corrected chi connectivity index (χ1v) is 8.75. The van der Waals surface area contributed by atoms with Crippen LogP contribution in [0.1, 0.15) is 11.1 Å². The van der Waals surface area contributed by atoms with Gasteiger partial charge in [-0.1, -0.05) is 41.4 Å². The maximum Gasteiger partial charge on any atom is 0.261 e. The standard InChI is InChI=1S/C19H17Cl2N3O2/c1-12-4-3-5-14-18(12)22-11-24(19(14)26)10-17(25)23(2)9-13-6-7-15(20)16(21)8-13/h3-8,11H,9-10H2,1-2H3. The number of aryl methyl sites for hydroxylation is 1. The molecule has 1 amide bonds. The van der Waals surface area contributed by atoms with Gasteiger partial charge in [0, 0.05) is 13.6 Å². The summed E-state index contributed by atoms with van der Waals surface area (Å²) in [6.07, 6.45) is 1.42. The quantitative estimate of drug-likeness (QED) is 0.683. The molecule has 134 valence electrons. The first kappa shape index (κ1) is 18.4. The molecule has 3 aromatic rings. The van der Waals surface area contributed by atoms with Crippen LogP contribution in [0, 0.1) is 6.92 Å². The van der Waals surface area contributed by atoms with Crippen LogP contribution in [0.3, 0.4) is 0 Å². The fourth-order valence-corrected chi connectivity index (χ4v) is 3.04. The summed E-state index contributed by atoms with van der Waals surface area (Å²) in [5.41, 5.74) is 2.21. The molecule has 26 heavy (non-hydrogen) atoms. The molecular formula is C19H17Cl2N3O2. The Morgan fingerprint density at radius 1 is 1.19 bits per heavy atom. The number of amides is 1. The highest BCUT2D eigenvalue weighted by molar-refractivity contribution is 6.42. The molecule has 2 aromatic carbocycles. The van der Waals surface area contributed by atoms with Crippen LogP contribution < -0.4 is 5.56 Å². The van der Waals surface area contributed by atoms with Gasteiger partial charge in [0.1, 0.15) is 6.54 Å². The second-order valence-electron chi connectivity index (χ2n) is 6.15. The van der Waals surface area contributed by atoms with Crippen molar-refractivity contribution in [3.63, 3.8) is 0 Å². The molecule has 0 spiro atoms. The Balaban J connectivity index is 1.79. The van der Waals surface area contributed by atoms with Crippen molar-refractivity contribution in [1.29, 1.82) is 0 Å². The van der Waals surface area contributed by atoms with Crippen LogP contribution in [0.2, 0.25) is 10.0 Å². The SMILES string of the molecule is Cc1cccc2c(=O)n(CC(=O)N(C)Cc3ccc(Cl)c(Cl)c3)cnc12. The molecule has 0 unspecified atom stereocenters. The number of carbonyl (C=O) groups excluding carboxylic acids is 1. The number of likely N-dealkylation sites (N-methyl/N-ethyl adjacent to an activating group) is 1. The zero-order valence-electron chi connectivity index (χ0n) is 14.4. The summed E-state index contributed by atoms with van der Waals surface area (Å²) in [6, 6.07) is 10.7. The van der Waals surface area contributed by atoms with Crippen LogP contribution in [-0.4, -0.2) is 27.4 Å². The third-order valence-electron chi connectivity index (χ3n) is 4.19. The number of para-hydroxylation sites is 1. The van der Waals surface area contributed by atoms with Crippen LogP contribution in [-0.2, 0) is 17.9 Å². The molecule has 0 saturated heterocycles. The molecule has 1 heterocycles. The fraction of sp³-hybridized carbons (Fsp3) is 0.211. The molecule has 3 rings (SSSR count). The molecular weight excluding hydrogens is 373 g/mol. The minimum Gasteiger partial charge on any atom is -0.340 e. The largest absolute Gasteiger partial charge is 0.340 e. The molecule has 0 bridgehead atoms. The number of hydrogen-bond acceptors (Lipinski definition) is 3. The number of aromatic nitrogens is 2. The van der Waals surface area contributed by atoms with Gasteiger partial charge in [0.2, 0.25) is 5.91 Å². The molecule has 5 nitrogen and oxygen atoms in total. The average molecular weight is 390 g/mol. The maximum absolute atomic E-state index is 12.6. The fourth-order valence-electron chi connectivity index (χ4n) is 2.72. The third kappa shape index (κ3) is 3.74. The van der Waals surface area contributed by atoms with E-state index in [9.17, 15) is 9.59 Å². The summed E-state index contributed by atoms with van der Waals surface area (Å²) in [5.74, 6) is -0.202. The molecule has 0 N–H and O–H groups in total. The van der Waals surface area contributed by atoms with Crippen LogP contribution in [0.15, 0.2) is 47.5 Å². The zero-order valence-corrected chi connectivity index (χ0v) is 15.9. The van der Waals surface area contributed by atoms with E-state index >= 15 is 0 Å². The molecule has 0 aliphatic rings. The van der Waals surface area contributed by atoms with Crippen LogP contribution in [0.25, 0.3) is 10.9 Å². The summed E-state index contributed by atoms with van der Waals surface area (Å²) >= 11 is 11.9. The normalized spacial score (nSPS) is 10.9. The van der Waals surface area contributed by atoms with E-state index in [1.807, 2.05) is 25.1 Å². The summed E-state index contributed by atoms with van der Waals surface area (Å²) in [5, 5.41) is 1.41. The van der Waals surface area contributed by atoms with Gasteiger partial charge in [0.15, 0.2) is 0 Å². The Morgan fingerprint density at radius 3 is 2.69 bits per heavy atom. The van der Waals surface area contributed by atoms with E-state index in [2.05, 4.69) is 4.98 Å². The van der Waals surface area contributed by atoms with Gasteiger partial charge in [-0.15, -0.1) is 0 Å². The summed E-state index contributed by atoms with van der Waals surface area (Å²) in [4.78, 5) is 31.0. The van der Waals surface area contributed by atoms with Gasteiger partial charge in [0.25, 0.3) is 5.56 Å². The number of benzene rings is 2. The Bertz CT molecular complexity index is 1050. The van der Waals surface area contributed by atoms with Crippen LogP contribution >= 0.6 is 23.2 Å². The second kappa shape index (κ2) is 7.48. The highest BCUT2D eigenvalue weighted by atomic mass is 35.5. The van der Waals surface area contributed by atoms with Crippen molar-refractivity contribution in [2.75, 3.05) is 7.05 Å². The predicted molar refractivity (Wildman–Crippen MR) is 104 cm³/mol. The van der Waals surface area contributed by atoms with Crippen molar-refractivity contribution in [1.82, 2.24) is 14.5 Å². The summed E-state index contributed by atoms with van der Waals surface area (Å²) < 4.78 is 1.33. The molecule has 0 atom stereocenters. The first-order valence-electron chi connectivity index (χ1n) is 7.99. The lowest BCUT2D eigenvalue weighted by Crippen LogP contribution is -2.33.